The van der Waals surface area contributed by atoms with Gasteiger partial charge < -0.3 is 14.8 Å². The second-order valence-corrected chi connectivity index (χ2v) is 10.3. The fourth-order valence-corrected chi connectivity index (χ4v) is 5.64. The van der Waals surface area contributed by atoms with E-state index in [2.05, 4.69) is 15.3 Å². The van der Waals surface area contributed by atoms with E-state index >= 15 is 0 Å². The first kappa shape index (κ1) is 23.5. The third kappa shape index (κ3) is 4.81. The molecule has 0 unspecified atom stereocenters. The largest absolute Gasteiger partial charge is 0.495 e. The third-order valence-electron chi connectivity index (χ3n) is 5.85. The van der Waals surface area contributed by atoms with Gasteiger partial charge in [-0.15, -0.1) is 0 Å². The molecule has 4 aromatic rings. The van der Waals surface area contributed by atoms with Crippen LogP contribution in [-0.2, 0) is 14.8 Å². The first-order chi connectivity index (χ1) is 17.0. The van der Waals surface area contributed by atoms with E-state index in [9.17, 15) is 8.42 Å². The molecular formula is C25H23ClN4O4S. The Morgan fingerprint density at radius 1 is 0.971 bits per heavy atom. The van der Waals surface area contributed by atoms with Crippen molar-refractivity contribution in [3.05, 3.63) is 72.0 Å². The molecule has 0 bridgehead atoms. The Kier molecular flexibility index (Phi) is 6.57. The van der Waals surface area contributed by atoms with Crippen molar-refractivity contribution >= 4 is 44.0 Å². The van der Waals surface area contributed by atoms with Crippen LogP contribution >= 0.6 is 11.6 Å². The third-order valence-corrected chi connectivity index (χ3v) is 8.05. The first-order valence-corrected chi connectivity index (χ1v) is 12.8. The fourth-order valence-electron chi connectivity index (χ4n) is 3.97. The van der Waals surface area contributed by atoms with E-state index in [4.69, 9.17) is 21.1 Å². The predicted octanol–water partition coefficient (Wildman–Crippen LogP) is 4.72. The second-order valence-electron chi connectivity index (χ2n) is 7.97. The van der Waals surface area contributed by atoms with Gasteiger partial charge in [-0.3, -0.25) is 0 Å². The molecule has 0 atom stereocenters. The molecule has 0 spiro atoms. The Bertz CT molecular complexity index is 1470. The second kappa shape index (κ2) is 9.79. The summed E-state index contributed by atoms with van der Waals surface area (Å²) in [5, 5.41) is 4.61. The van der Waals surface area contributed by atoms with E-state index in [0.717, 1.165) is 27.7 Å². The molecular weight excluding hydrogens is 488 g/mol. The molecule has 0 amide bonds. The lowest BCUT2D eigenvalue weighted by Crippen LogP contribution is -2.40. The highest BCUT2D eigenvalue weighted by atomic mass is 35.5. The summed E-state index contributed by atoms with van der Waals surface area (Å²) in [5.41, 5.74) is 3.34. The summed E-state index contributed by atoms with van der Waals surface area (Å²) < 4.78 is 37.8. The summed E-state index contributed by atoms with van der Waals surface area (Å²) >= 11 is 6.26. The number of sulfonamides is 1. The minimum atomic E-state index is -3.54. The highest BCUT2D eigenvalue weighted by Crippen LogP contribution is 2.32. The molecule has 0 radical (unpaired) electrons. The van der Waals surface area contributed by atoms with Crippen LogP contribution in [-0.4, -0.2) is 56.1 Å². The SMILES string of the molecule is COc1ccc(Nc2ncnc3ccc(-c4ccc(S(=O)(=O)N5CCOCC5)cc4)cc23)cc1Cl. The molecule has 35 heavy (non-hydrogen) atoms. The zero-order valence-electron chi connectivity index (χ0n) is 18.9. The Balaban J connectivity index is 1.45. The van der Waals surface area contributed by atoms with Crippen molar-refractivity contribution in [2.24, 2.45) is 0 Å². The van der Waals surface area contributed by atoms with Crippen LogP contribution in [0.15, 0.2) is 71.9 Å². The van der Waals surface area contributed by atoms with E-state index < -0.39 is 10.0 Å². The first-order valence-electron chi connectivity index (χ1n) is 11.0. The number of aromatic nitrogens is 2. The van der Waals surface area contributed by atoms with Gasteiger partial charge in [0.2, 0.25) is 10.0 Å². The number of morpholine rings is 1. The summed E-state index contributed by atoms with van der Waals surface area (Å²) in [6.45, 7) is 1.55. The van der Waals surface area contributed by atoms with Crippen LogP contribution in [0.3, 0.4) is 0 Å². The van der Waals surface area contributed by atoms with Crippen molar-refractivity contribution in [1.82, 2.24) is 14.3 Å². The topological polar surface area (TPSA) is 93.7 Å². The van der Waals surface area contributed by atoms with Gasteiger partial charge in [0.15, 0.2) is 0 Å². The van der Waals surface area contributed by atoms with Crippen LogP contribution in [0.25, 0.3) is 22.0 Å². The van der Waals surface area contributed by atoms with Gasteiger partial charge in [-0.2, -0.15) is 4.31 Å². The number of fused-ring (bicyclic) bond motifs is 1. The van der Waals surface area contributed by atoms with E-state index in [1.807, 2.05) is 36.4 Å². The Morgan fingerprint density at radius 2 is 1.71 bits per heavy atom. The minimum absolute atomic E-state index is 0.269. The molecule has 1 aliphatic heterocycles. The smallest absolute Gasteiger partial charge is 0.243 e. The average Bonchev–Trinajstić information content (AvgIpc) is 2.89. The summed E-state index contributed by atoms with van der Waals surface area (Å²) in [6, 6.07) is 18.2. The maximum absolute atomic E-state index is 12.9. The Hall–Kier alpha value is -3.24. The van der Waals surface area contributed by atoms with Gasteiger partial charge in [-0.25, -0.2) is 18.4 Å². The highest BCUT2D eigenvalue weighted by Gasteiger charge is 2.26. The minimum Gasteiger partial charge on any atom is -0.495 e. The number of ether oxygens (including phenoxy) is 2. The van der Waals surface area contributed by atoms with E-state index in [0.29, 0.717) is 42.9 Å². The Labute approximate surface area is 208 Å². The standard InChI is InChI=1S/C25H23ClN4O4S/c1-33-24-9-5-19(15-22(24)26)29-25-21-14-18(4-8-23(21)27-16-28-25)17-2-6-20(7-3-17)35(31,32)30-10-12-34-13-11-30/h2-9,14-16H,10-13H2,1H3,(H,27,28,29). The van der Waals surface area contributed by atoms with Gasteiger partial charge in [0, 0.05) is 24.2 Å². The van der Waals surface area contributed by atoms with Gasteiger partial charge in [0.05, 0.1) is 35.8 Å². The number of hydrogen-bond acceptors (Lipinski definition) is 7. The van der Waals surface area contributed by atoms with Crippen LogP contribution in [0.4, 0.5) is 11.5 Å². The van der Waals surface area contributed by atoms with Crippen molar-refractivity contribution in [1.29, 1.82) is 0 Å². The monoisotopic (exact) mass is 510 g/mol. The summed E-state index contributed by atoms with van der Waals surface area (Å²) in [6.07, 6.45) is 1.50. The quantitative estimate of drug-likeness (QED) is 0.401. The van der Waals surface area contributed by atoms with Crippen molar-refractivity contribution in [3.63, 3.8) is 0 Å². The molecule has 5 rings (SSSR count). The molecule has 10 heteroatoms. The molecule has 180 valence electrons. The van der Waals surface area contributed by atoms with Gasteiger partial charge in [0.25, 0.3) is 0 Å². The lowest BCUT2D eigenvalue weighted by molar-refractivity contribution is 0.0730. The lowest BCUT2D eigenvalue weighted by Gasteiger charge is -2.26. The predicted molar refractivity (Wildman–Crippen MR) is 136 cm³/mol. The van der Waals surface area contributed by atoms with Crippen LogP contribution in [0.5, 0.6) is 5.75 Å². The summed E-state index contributed by atoms with van der Waals surface area (Å²) in [5.74, 6) is 1.22. The molecule has 1 N–H and O–H groups in total. The van der Waals surface area contributed by atoms with E-state index in [1.165, 1.54) is 10.6 Å². The normalized spacial score (nSPS) is 14.7. The maximum Gasteiger partial charge on any atom is 0.243 e. The number of rotatable bonds is 6. The van der Waals surface area contributed by atoms with Crippen molar-refractivity contribution in [3.8, 4) is 16.9 Å². The summed E-state index contributed by atoms with van der Waals surface area (Å²) in [4.78, 5) is 9.05. The molecule has 0 aliphatic carbocycles. The average molecular weight is 511 g/mol. The van der Waals surface area contributed by atoms with Crippen LogP contribution in [0, 0.1) is 0 Å². The van der Waals surface area contributed by atoms with Crippen LogP contribution in [0.1, 0.15) is 0 Å². The molecule has 3 aromatic carbocycles. The number of nitrogens with one attached hydrogen (secondary N) is 1. The molecule has 1 aromatic heterocycles. The Morgan fingerprint density at radius 3 is 2.43 bits per heavy atom. The number of methoxy groups -OCH3 is 1. The fraction of sp³-hybridized carbons (Fsp3) is 0.200. The number of anilines is 2. The van der Waals surface area contributed by atoms with Gasteiger partial charge in [0.1, 0.15) is 17.9 Å². The van der Waals surface area contributed by atoms with E-state index in [1.54, 1.807) is 31.4 Å². The molecule has 2 heterocycles. The zero-order valence-corrected chi connectivity index (χ0v) is 20.5. The highest BCUT2D eigenvalue weighted by molar-refractivity contribution is 7.89. The molecule has 1 saturated heterocycles. The molecule has 1 aliphatic rings. The number of nitrogens with zero attached hydrogens (tertiary/aromatic N) is 3. The molecule has 0 saturated carbocycles. The van der Waals surface area contributed by atoms with Gasteiger partial charge in [-0.05, 0) is 53.6 Å². The van der Waals surface area contributed by atoms with Crippen molar-refractivity contribution in [2.75, 3.05) is 38.7 Å². The maximum atomic E-state index is 12.9. The van der Waals surface area contributed by atoms with Gasteiger partial charge in [-0.1, -0.05) is 29.8 Å². The van der Waals surface area contributed by atoms with Gasteiger partial charge >= 0.3 is 0 Å². The van der Waals surface area contributed by atoms with Crippen LogP contribution in [0.2, 0.25) is 5.02 Å². The lowest BCUT2D eigenvalue weighted by atomic mass is 10.0. The number of hydrogen-bond donors (Lipinski definition) is 1. The zero-order chi connectivity index (χ0) is 24.4. The van der Waals surface area contributed by atoms with Crippen LogP contribution < -0.4 is 10.1 Å². The van der Waals surface area contributed by atoms with E-state index in [-0.39, 0.29) is 4.90 Å². The van der Waals surface area contributed by atoms with Crippen molar-refractivity contribution in [2.45, 2.75) is 4.90 Å². The molecule has 1 fully saturated rings. The van der Waals surface area contributed by atoms with Crippen molar-refractivity contribution < 1.29 is 17.9 Å². The number of benzene rings is 3. The number of halogens is 1. The molecule has 8 nitrogen and oxygen atoms in total. The summed E-state index contributed by atoms with van der Waals surface area (Å²) in [7, 11) is -1.97.